The van der Waals surface area contributed by atoms with E-state index in [1.54, 1.807) is 0 Å². The summed E-state index contributed by atoms with van der Waals surface area (Å²) >= 11 is 0. The van der Waals surface area contributed by atoms with Crippen LogP contribution in [0.2, 0.25) is 0 Å². The molecule has 0 bridgehead atoms. The molecule has 2 aliphatic heterocycles. The van der Waals surface area contributed by atoms with Crippen molar-refractivity contribution in [3.63, 3.8) is 0 Å². The lowest BCUT2D eigenvalue weighted by Gasteiger charge is -2.39. The first kappa shape index (κ1) is 29.8. The maximum absolute atomic E-state index is 10.6. The van der Waals surface area contributed by atoms with Gasteiger partial charge in [-0.15, -0.1) is 0 Å². The molecule has 206 valence electrons. The number of aromatic nitrogens is 2. The number of alkyl halides is 6. The van der Waals surface area contributed by atoms with Gasteiger partial charge in [0.1, 0.15) is 0 Å². The number of carboxylic acids is 2. The Morgan fingerprint density at radius 1 is 1.03 bits per heavy atom. The summed E-state index contributed by atoms with van der Waals surface area (Å²) in [4.78, 5) is 20.4. The van der Waals surface area contributed by atoms with Crippen molar-refractivity contribution in [1.82, 2.24) is 14.7 Å². The van der Waals surface area contributed by atoms with E-state index in [-0.39, 0.29) is 0 Å². The topological polar surface area (TPSA) is 114 Å². The number of fused-ring (bicyclic) bond motifs is 1. The standard InChI is InChI=1S/C17H27N3O2.2C2HF3O2/c1-19-17-10-20(15-4-6-21-7-5-15)9-14(16(17)8-18-19)12-22-11-13-2-3-13;2*3-2(4,5)1(6)7/h8,13-15H,2-7,9-12H2,1H3;2*(H,6,7). The summed E-state index contributed by atoms with van der Waals surface area (Å²) in [6.07, 6.45) is -3.08. The van der Waals surface area contributed by atoms with Gasteiger partial charge in [0.15, 0.2) is 0 Å². The fourth-order valence-electron chi connectivity index (χ4n) is 3.79. The fourth-order valence-corrected chi connectivity index (χ4v) is 3.79. The van der Waals surface area contributed by atoms with Crippen LogP contribution < -0.4 is 0 Å². The molecule has 9 nitrogen and oxygen atoms in total. The molecule has 1 aromatic rings. The van der Waals surface area contributed by atoms with Crippen LogP contribution in [-0.4, -0.2) is 88.2 Å². The van der Waals surface area contributed by atoms with Crippen LogP contribution in [0.4, 0.5) is 26.3 Å². The summed E-state index contributed by atoms with van der Waals surface area (Å²) in [6.45, 7) is 5.73. The van der Waals surface area contributed by atoms with Crippen LogP contribution in [0.15, 0.2) is 6.20 Å². The van der Waals surface area contributed by atoms with E-state index in [4.69, 9.17) is 29.3 Å². The third-order valence-electron chi connectivity index (χ3n) is 5.90. The molecule has 4 rings (SSSR count). The smallest absolute Gasteiger partial charge is 0.475 e. The number of halogens is 6. The van der Waals surface area contributed by atoms with Gasteiger partial charge in [0.2, 0.25) is 0 Å². The van der Waals surface area contributed by atoms with E-state index in [0.29, 0.717) is 12.0 Å². The molecule has 36 heavy (non-hydrogen) atoms. The van der Waals surface area contributed by atoms with Gasteiger partial charge in [-0.05, 0) is 31.6 Å². The molecule has 3 aliphatic rings. The second-order valence-electron chi connectivity index (χ2n) is 8.73. The first-order chi connectivity index (χ1) is 16.7. The van der Waals surface area contributed by atoms with E-state index < -0.39 is 24.3 Å². The molecule has 1 unspecified atom stereocenters. The van der Waals surface area contributed by atoms with Crippen LogP contribution >= 0.6 is 0 Å². The minimum Gasteiger partial charge on any atom is -0.475 e. The molecule has 15 heteroatoms. The first-order valence-corrected chi connectivity index (χ1v) is 11.2. The van der Waals surface area contributed by atoms with Crippen molar-refractivity contribution >= 4 is 11.9 Å². The van der Waals surface area contributed by atoms with E-state index in [1.807, 2.05) is 0 Å². The Morgan fingerprint density at radius 3 is 2.03 bits per heavy atom. The predicted octanol–water partition coefficient (Wildman–Crippen LogP) is 3.19. The van der Waals surface area contributed by atoms with Crippen molar-refractivity contribution in [3.05, 3.63) is 17.5 Å². The van der Waals surface area contributed by atoms with Crippen molar-refractivity contribution in [1.29, 1.82) is 0 Å². The lowest BCUT2D eigenvalue weighted by molar-refractivity contribution is -0.193. The Morgan fingerprint density at radius 2 is 1.56 bits per heavy atom. The summed E-state index contributed by atoms with van der Waals surface area (Å²) in [6, 6.07) is 0.655. The van der Waals surface area contributed by atoms with Crippen molar-refractivity contribution in [2.75, 3.05) is 33.0 Å². The number of aliphatic carboxylic acids is 2. The van der Waals surface area contributed by atoms with E-state index in [1.165, 1.54) is 24.1 Å². The highest BCUT2D eigenvalue weighted by molar-refractivity contribution is 5.73. The number of nitrogens with zero attached hydrogens (tertiary/aromatic N) is 3. The lowest BCUT2D eigenvalue weighted by atomic mass is 9.93. The zero-order valence-electron chi connectivity index (χ0n) is 19.5. The summed E-state index contributed by atoms with van der Waals surface area (Å²) in [5.41, 5.74) is 2.78. The van der Waals surface area contributed by atoms with Gasteiger partial charge in [-0.2, -0.15) is 31.4 Å². The highest BCUT2D eigenvalue weighted by Gasteiger charge is 2.39. The number of aryl methyl sites for hydroxylation is 1. The fraction of sp³-hybridized carbons (Fsp3) is 0.762. The summed E-state index contributed by atoms with van der Waals surface area (Å²) in [7, 11) is 2.06. The maximum Gasteiger partial charge on any atom is 0.490 e. The van der Waals surface area contributed by atoms with Gasteiger partial charge in [0.25, 0.3) is 0 Å². The molecule has 2 N–H and O–H groups in total. The van der Waals surface area contributed by atoms with Crippen LogP contribution in [0.5, 0.6) is 0 Å². The Bertz CT molecular complexity index is 841. The average molecular weight is 533 g/mol. The maximum atomic E-state index is 10.6. The van der Waals surface area contributed by atoms with Gasteiger partial charge in [0.05, 0.1) is 18.5 Å². The number of rotatable bonds is 5. The van der Waals surface area contributed by atoms with Crippen LogP contribution in [0.25, 0.3) is 0 Å². The minimum atomic E-state index is -5.08. The Balaban J connectivity index is 0.000000271. The Labute approximate surface area is 202 Å². The van der Waals surface area contributed by atoms with E-state index in [9.17, 15) is 26.3 Å². The van der Waals surface area contributed by atoms with Crippen molar-refractivity contribution in [3.8, 4) is 0 Å². The average Bonchev–Trinajstić information content (AvgIpc) is 3.54. The quantitative estimate of drug-likeness (QED) is 0.555. The van der Waals surface area contributed by atoms with Gasteiger partial charge in [0, 0.05) is 57.5 Å². The summed E-state index contributed by atoms with van der Waals surface area (Å²) in [5.74, 6) is -4.21. The zero-order valence-corrected chi connectivity index (χ0v) is 19.5. The lowest BCUT2D eigenvalue weighted by Crippen LogP contribution is -2.44. The molecule has 0 radical (unpaired) electrons. The van der Waals surface area contributed by atoms with Gasteiger partial charge >= 0.3 is 24.3 Å². The normalized spacial score (nSPS) is 20.9. The third kappa shape index (κ3) is 9.58. The highest BCUT2D eigenvalue weighted by atomic mass is 19.4. The van der Waals surface area contributed by atoms with Gasteiger partial charge in [-0.25, -0.2) is 9.59 Å². The Kier molecular flexibility index (Phi) is 10.5. The molecule has 0 spiro atoms. The van der Waals surface area contributed by atoms with Gasteiger partial charge < -0.3 is 19.7 Å². The molecule has 1 aromatic heterocycles. The minimum absolute atomic E-state index is 0.471. The third-order valence-corrected chi connectivity index (χ3v) is 5.90. The highest BCUT2D eigenvalue weighted by Crippen LogP contribution is 2.33. The number of carboxylic acid groups (broad SMARTS) is 2. The number of hydrogen-bond acceptors (Lipinski definition) is 6. The van der Waals surface area contributed by atoms with Crippen molar-refractivity contribution in [2.45, 2.75) is 56.5 Å². The summed E-state index contributed by atoms with van der Waals surface area (Å²) in [5, 5.41) is 18.7. The summed E-state index contributed by atoms with van der Waals surface area (Å²) < 4.78 is 77.1. The number of ether oxygens (including phenoxy) is 2. The second-order valence-corrected chi connectivity index (χ2v) is 8.73. The molecular weight excluding hydrogens is 504 g/mol. The van der Waals surface area contributed by atoms with E-state index in [2.05, 4.69) is 27.9 Å². The SMILES string of the molecule is Cn1ncc2c1CN(C1CCOCC1)CC2COCC1CC1.O=C(O)C(F)(F)F.O=C(O)C(F)(F)F. The van der Waals surface area contributed by atoms with Gasteiger partial charge in [-0.1, -0.05) is 0 Å². The molecule has 1 aliphatic carbocycles. The molecule has 1 atom stereocenters. The molecular formula is C21H29F6N3O6. The van der Waals surface area contributed by atoms with E-state index >= 15 is 0 Å². The molecule has 0 aromatic carbocycles. The zero-order chi connectivity index (χ0) is 27.1. The van der Waals surface area contributed by atoms with Crippen LogP contribution in [0, 0.1) is 5.92 Å². The van der Waals surface area contributed by atoms with Crippen molar-refractivity contribution < 1.29 is 55.6 Å². The monoisotopic (exact) mass is 533 g/mol. The molecule has 3 heterocycles. The Hall–Kier alpha value is -2.39. The van der Waals surface area contributed by atoms with Crippen LogP contribution in [0.3, 0.4) is 0 Å². The largest absolute Gasteiger partial charge is 0.490 e. The molecule has 1 saturated heterocycles. The van der Waals surface area contributed by atoms with Crippen LogP contribution in [-0.2, 0) is 32.7 Å². The second kappa shape index (κ2) is 12.7. The molecule has 0 amide bonds. The van der Waals surface area contributed by atoms with E-state index in [0.717, 1.165) is 58.3 Å². The van der Waals surface area contributed by atoms with Gasteiger partial charge in [-0.3, -0.25) is 9.58 Å². The van der Waals surface area contributed by atoms with Crippen LogP contribution in [0.1, 0.15) is 42.9 Å². The first-order valence-electron chi connectivity index (χ1n) is 11.2. The molecule has 2 fully saturated rings. The predicted molar refractivity (Wildman–Crippen MR) is 111 cm³/mol. The number of carbonyl (C=O) groups is 2. The molecule has 1 saturated carbocycles. The number of hydrogen-bond donors (Lipinski definition) is 2. The van der Waals surface area contributed by atoms with Crippen molar-refractivity contribution in [2.24, 2.45) is 13.0 Å².